The average Bonchev–Trinajstić information content (AvgIpc) is 3.12. The molecule has 1 aromatic carbocycles. The molecule has 2 rings (SSSR count). The van der Waals surface area contributed by atoms with Crippen molar-refractivity contribution < 1.29 is 0 Å². The molecule has 0 saturated heterocycles. The number of hydrogen-bond donors (Lipinski definition) is 3. The molecule has 1 aromatic rings. The summed E-state index contributed by atoms with van der Waals surface area (Å²) in [4.78, 5) is 0. The lowest BCUT2D eigenvalue weighted by molar-refractivity contribution is 0.897. The van der Waals surface area contributed by atoms with E-state index in [1.807, 2.05) is 19.9 Å². The van der Waals surface area contributed by atoms with Crippen LogP contribution in [-0.4, -0.2) is 12.8 Å². The van der Waals surface area contributed by atoms with Crippen LogP contribution in [0.15, 0.2) is 59.5 Å². The third-order valence-corrected chi connectivity index (χ3v) is 4.55. The van der Waals surface area contributed by atoms with Crippen molar-refractivity contribution in [2.45, 2.75) is 40.5 Å². The fourth-order valence-electron chi connectivity index (χ4n) is 2.99. The molecule has 132 valence electrons. The molecule has 0 aromatic heterocycles. The second kappa shape index (κ2) is 9.07. The normalized spacial score (nSPS) is 15.7. The third-order valence-electron chi connectivity index (χ3n) is 4.55. The van der Waals surface area contributed by atoms with E-state index < -0.39 is 0 Å². The van der Waals surface area contributed by atoms with Crippen LogP contribution < -0.4 is 10.6 Å². The minimum absolute atomic E-state index is 0.878. The molecule has 25 heavy (non-hydrogen) atoms. The summed E-state index contributed by atoms with van der Waals surface area (Å²) in [6.07, 6.45) is 11.7. The Morgan fingerprint density at radius 2 is 2.12 bits per heavy atom. The van der Waals surface area contributed by atoms with Crippen molar-refractivity contribution in [2.24, 2.45) is 0 Å². The van der Waals surface area contributed by atoms with Gasteiger partial charge in [0.1, 0.15) is 0 Å². The van der Waals surface area contributed by atoms with E-state index in [2.05, 4.69) is 60.9 Å². The molecule has 0 saturated carbocycles. The molecule has 3 nitrogen and oxygen atoms in total. The summed E-state index contributed by atoms with van der Waals surface area (Å²) in [5.41, 5.74) is 8.31. The van der Waals surface area contributed by atoms with Crippen LogP contribution in [0.3, 0.4) is 0 Å². The summed E-state index contributed by atoms with van der Waals surface area (Å²) < 4.78 is 0. The van der Waals surface area contributed by atoms with E-state index in [0.29, 0.717) is 0 Å². The number of hydrogen-bond acceptors (Lipinski definition) is 3. The molecule has 1 aliphatic heterocycles. The van der Waals surface area contributed by atoms with E-state index in [1.165, 1.54) is 28.6 Å². The van der Waals surface area contributed by atoms with Gasteiger partial charge < -0.3 is 16.0 Å². The first kappa shape index (κ1) is 18.8. The smallest absolute Gasteiger partial charge is 0.0449 e. The lowest BCUT2D eigenvalue weighted by atomic mass is 10.0. The highest BCUT2D eigenvalue weighted by atomic mass is 14.9. The zero-order valence-electron chi connectivity index (χ0n) is 15.7. The van der Waals surface area contributed by atoms with Crippen LogP contribution in [-0.2, 0) is 6.42 Å². The number of fused-ring (bicyclic) bond motifs is 1. The fraction of sp³-hybridized carbons (Fsp3) is 0.318. The molecule has 3 heteroatoms. The first-order valence-corrected chi connectivity index (χ1v) is 8.95. The van der Waals surface area contributed by atoms with Crippen molar-refractivity contribution in [1.82, 2.24) is 5.32 Å². The summed E-state index contributed by atoms with van der Waals surface area (Å²) in [5, 5.41) is 14.3. The van der Waals surface area contributed by atoms with Crippen LogP contribution in [0.5, 0.6) is 0 Å². The van der Waals surface area contributed by atoms with Gasteiger partial charge in [0.15, 0.2) is 0 Å². The SMILES string of the molecule is C/C=C(/C=C\C=C(/C)c1cccc2c1NCC2)N/C(CC)=C(/C)C=N. The molecule has 1 aliphatic rings. The van der Waals surface area contributed by atoms with Gasteiger partial charge in [0, 0.05) is 35.4 Å². The second-order valence-corrected chi connectivity index (χ2v) is 6.25. The first-order valence-electron chi connectivity index (χ1n) is 8.95. The molecular formula is C22H29N3. The zero-order valence-corrected chi connectivity index (χ0v) is 15.7. The second-order valence-electron chi connectivity index (χ2n) is 6.25. The van der Waals surface area contributed by atoms with E-state index in [4.69, 9.17) is 5.41 Å². The maximum Gasteiger partial charge on any atom is 0.0449 e. The maximum atomic E-state index is 7.42. The van der Waals surface area contributed by atoms with Gasteiger partial charge in [-0.2, -0.15) is 0 Å². The summed E-state index contributed by atoms with van der Waals surface area (Å²) in [6.45, 7) is 9.26. The molecule has 0 bridgehead atoms. The number of para-hydroxylation sites is 1. The average molecular weight is 335 g/mol. The fourth-order valence-corrected chi connectivity index (χ4v) is 2.99. The van der Waals surface area contributed by atoms with Crippen molar-refractivity contribution in [3.05, 3.63) is 70.6 Å². The Balaban J connectivity index is 2.14. The third kappa shape index (κ3) is 4.72. The van der Waals surface area contributed by atoms with E-state index in [0.717, 1.165) is 36.4 Å². The van der Waals surface area contributed by atoms with Gasteiger partial charge in [-0.1, -0.05) is 43.4 Å². The molecule has 0 spiro atoms. The minimum Gasteiger partial charge on any atom is -0.384 e. The molecule has 0 fully saturated rings. The highest BCUT2D eigenvalue weighted by Crippen LogP contribution is 2.31. The maximum absolute atomic E-state index is 7.42. The number of allylic oxidation sites excluding steroid dienone is 7. The number of benzene rings is 1. The molecule has 1 heterocycles. The van der Waals surface area contributed by atoms with Crippen LogP contribution >= 0.6 is 0 Å². The molecular weight excluding hydrogens is 306 g/mol. The van der Waals surface area contributed by atoms with E-state index in [9.17, 15) is 0 Å². The summed E-state index contributed by atoms with van der Waals surface area (Å²) in [7, 11) is 0. The number of rotatable bonds is 7. The standard InChI is InChI=1S/C22H29N3/c1-5-19(25-21(6-2)17(4)15-23)11-7-9-16(3)20-12-8-10-18-13-14-24-22(18)20/h5,7-12,15,23-25H,6,13-14H2,1-4H3/b11-7-,16-9+,19-5-,21-17-,23-15?. The van der Waals surface area contributed by atoms with E-state index in [1.54, 1.807) is 0 Å². The lowest BCUT2D eigenvalue weighted by Gasteiger charge is -2.12. The number of anilines is 1. The Labute approximate surface area is 151 Å². The summed E-state index contributed by atoms with van der Waals surface area (Å²) in [5.74, 6) is 0. The van der Waals surface area contributed by atoms with Crippen molar-refractivity contribution in [3.8, 4) is 0 Å². The highest BCUT2D eigenvalue weighted by Gasteiger charge is 2.13. The van der Waals surface area contributed by atoms with Gasteiger partial charge in [0.25, 0.3) is 0 Å². The van der Waals surface area contributed by atoms with Gasteiger partial charge in [-0.15, -0.1) is 0 Å². The van der Waals surface area contributed by atoms with Crippen molar-refractivity contribution in [2.75, 3.05) is 11.9 Å². The summed E-state index contributed by atoms with van der Waals surface area (Å²) >= 11 is 0. The Hall–Kier alpha value is -2.55. The molecule has 0 unspecified atom stereocenters. The van der Waals surface area contributed by atoms with Gasteiger partial charge in [0.05, 0.1) is 0 Å². The van der Waals surface area contributed by atoms with Crippen LogP contribution in [0.2, 0.25) is 0 Å². The van der Waals surface area contributed by atoms with E-state index in [-0.39, 0.29) is 0 Å². The first-order chi connectivity index (χ1) is 12.1. The predicted molar refractivity (Wildman–Crippen MR) is 110 cm³/mol. The largest absolute Gasteiger partial charge is 0.384 e. The molecule has 0 atom stereocenters. The minimum atomic E-state index is 0.878. The monoisotopic (exact) mass is 335 g/mol. The van der Waals surface area contributed by atoms with Crippen LogP contribution in [0, 0.1) is 5.41 Å². The lowest BCUT2D eigenvalue weighted by Crippen LogP contribution is -2.13. The zero-order chi connectivity index (χ0) is 18.2. The Morgan fingerprint density at radius 3 is 2.80 bits per heavy atom. The van der Waals surface area contributed by atoms with Crippen molar-refractivity contribution in [3.63, 3.8) is 0 Å². The van der Waals surface area contributed by atoms with Crippen LogP contribution in [0.25, 0.3) is 5.57 Å². The molecule has 0 radical (unpaired) electrons. The quantitative estimate of drug-likeness (QED) is 0.459. The van der Waals surface area contributed by atoms with Gasteiger partial charge in [-0.25, -0.2) is 0 Å². The topological polar surface area (TPSA) is 47.9 Å². The van der Waals surface area contributed by atoms with E-state index >= 15 is 0 Å². The van der Waals surface area contributed by atoms with Gasteiger partial charge in [-0.3, -0.25) is 0 Å². The van der Waals surface area contributed by atoms with Crippen LogP contribution in [0.4, 0.5) is 5.69 Å². The predicted octanol–water partition coefficient (Wildman–Crippen LogP) is 5.44. The van der Waals surface area contributed by atoms with Gasteiger partial charge in [-0.05, 0) is 56.4 Å². The Bertz CT molecular complexity index is 749. The Kier molecular flexibility index (Phi) is 6.81. The van der Waals surface area contributed by atoms with Crippen molar-refractivity contribution >= 4 is 17.5 Å². The highest BCUT2D eigenvalue weighted by molar-refractivity contribution is 5.79. The number of nitrogens with one attached hydrogen (secondary N) is 3. The molecule has 0 amide bonds. The van der Waals surface area contributed by atoms with Gasteiger partial charge >= 0.3 is 0 Å². The van der Waals surface area contributed by atoms with Crippen LogP contribution in [0.1, 0.15) is 45.2 Å². The van der Waals surface area contributed by atoms with Gasteiger partial charge in [0.2, 0.25) is 0 Å². The Morgan fingerprint density at radius 1 is 1.32 bits per heavy atom. The molecule has 0 aliphatic carbocycles. The molecule has 3 N–H and O–H groups in total. The summed E-state index contributed by atoms with van der Waals surface area (Å²) in [6, 6.07) is 6.52. The van der Waals surface area contributed by atoms with Crippen molar-refractivity contribution in [1.29, 1.82) is 5.41 Å².